The van der Waals surface area contributed by atoms with Gasteiger partial charge in [-0.25, -0.2) is 4.79 Å². The summed E-state index contributed by atoms with van der Waals surface area (Å²) in [7, 11) is 0. The standard InChI is InChI=1S/C14H17BrN4O2/c1-7-2-3-16-12(4-7)13(20)17-9-6-11-10(5-8(9)15)18-14(21)19-11/h5-7,12,16H,2-4H2,1H3,(H,17,20)(H2,18,19,21). The first-order valence-corrected chi connectivity index (χ1v) is 7.78. The molecule has 2 atom stereocenters. The molecule has 2 unspecified atom stereocenters. The second-order valence-electron chi connectivity index (χ2n) is 5.58. The van der Waals surface area contributed by atoms with Gasteiger partial charge in [-0.05, 0) is 53.4 Å². The fraction of sp³-hybridized carbons (Fsp3) is 0.429. The van der Waals surface area contributed by atoms with Crippen molar-refractivity contribution in [3.05, 3.63) is 27.1 Å². The number of rotatable bonds is 2. The van der Waals surface area contributed by atoms with E-state index in [9.17, 15) is 9.59 Å². The number of imidazole rings is 1. The van der Waals surface area contributed by atoms with Gasteiger partial charge in [0.2, 0.25) is 5.91 Å². The number of aromatic amines is 2. The Hall–Kier alpha value is -1.60. The van der Waals surface area contributed by atoms with Gasteiger partial charge in [-0.3, -0.25) is 4.79 Å². The SMILES string of the molecule is CC1CCNC(C(=O)Nc2cc3[nH]c(=O)[nH]c3cc2Br)C1. The maximum absolute atomic E-state index is 12.3. The molecule has 2 aromatic rings. The molecule has 1 aromatic heterocycles. The van der Waals surface area contributed by atoms with Gasteiger partial charge in [0.05, 0.1) is 22.8 Å². The Bertz CT molecular complexity index is 736. The first-order chi connectivity index (χ1) is 10.0. The van der Waals surface area contributed by atoms with Gasteiger partial charge in [0.1, 0.15) is 0 Å². The Morgan fingerprint density at radius 2 is 2.05 bits per heavy atom. The van der Waals surface area contributed by atoms with Crippen LogP contribution in [0, 0.1) is 5.92 Å². The van der Waals surface area contributed by atoms with Gasteiger partial charge in [-0.1, -0.05) is 6.92 Å². The molecule has 1 fully saturated rings. The van der Waals surface area contributed by atoms with Crippen LogP contribution < -0.4 is 16.3 Å². The third-order valence-corrected chi connectivity index (χ3v) is 4.50. The number of piperidine rings is 1. The molecule has 0 spiro atoms. The largest absolute Gasteiger partial charge is 0.324 e. The van der Waals surface area contributed by atoms with E-state index in [4.69, 9.17) is 0 Å². The highest BCUT2D eigenvalue weighted by molar-refractivity contribution is 9.10. The van der Waals surface area contributed by atoms with Crippen molar-refractivity contribution in [3.8, 4) is 0 Å². The maximum Gasteiger partial charge on any atom is 0.323 e. The number of hydrogen-bond donors (Lipinski definition) is 4. The topological polar surface area (TPSA) is 89.8 Å². The lowest BCUT2D eigenvalue weighted by molar-refractivity contribution is -0.119. The molecule has 4 N–H and O–H groups in total. The van der Waals surface area contributed by atoms with Crippen LogP contribution in [-0.2, 0) is 4.79 Å². The minimum atomic E-state index is -0.261. The maximum atomic E-state index is 12.3. The van der Waals surface area contributed by atoms with Crippen LogP contribution in [0.25, 0.3) is 11.0 Å². The second kappa shape index (κ2) is 5.65. The van der Waals surface area contributed by atoms with Crippen LogP contribution in [-0.4, -0.2) is 28.5 Å². The molecule has 0 aliphatic carbocycles. The molecule has 6 nitrogen and oxygen atoms in total. The van der Waals surface area contributed by atoms with Gasteiger partial charge in [0.25, 0.3) is 0 Å². The van der Waals surface area contributed by atoms with E-state index >= 15 is 0 Å². The van der Waals surface area contributed by atoms with Crippen molar-refractivity contribution >= 4 is 38.6 Å². The van der Waals surface area contributed by atoms with Gasteiger partial charge in [-0.15, -0.1) is 0 Å². The Labute approximate surface area is 129 Å². The molecule has 1 aromatic carbocycles. The van der Waals surface area contributed by atoms with Gasteiger partial charge in [0.15, 0.2) is 0 Å². The summed E-state index contributed by atoms with van der Waals surface area (Å²) >= 11 is 3.42. The zero-order valence-corrected chi connectivity index (χ0v) is 13.2. The molecule has 3 rings (SSSR count). The van der Waals surface area contributed by atoms with E-state index in [1.165, 1.54) is 0 Å². The van der Waals surface area contributed by atoms with Gasteiger partial charge in [0, 0.05) is 4.47 Å². The van der Waals surface area contributed by atoms with E-state index in [1.54, 1.807) is 12.1 Å². The molecule has 0 bridgehead atoms. The summed E-state index contributed by atoms with van der Waals surface area (Å²) in [4.78, 5) is 29.0. The Morgan fingerprint density at radius 1 is 1.33 bits per heavy atom. The molecule has 21 heavy (non-hydrogen) atoms. The van der Waals surface area contributed by atoms with Crippen LogP contribution in [0.4, 0.5) is 5.69 Å². The smallest absolute Gasteiger partial charge is 0.323 e. The molecule has 0 saturated carbocycles. The number of hydrogen-bond acceptors (Lipinski definition) is 3. The third kappa shape index (κ3) is 3.03. The Balaban J connectivity index is 1.82. The highest BCUT2D eigenvalue weighted by Gasteiger charge is 2.25. The molecular formula is C14H17BrN4O2. The lowest BCUT2D eigenvalue weighted by Gasteiger charge is -2.27. The van der Waals surface area contributed by atoms with Crippen molar-refractivity contribution in [1.29, 1.82) is 0 Å². The summed E-state index contributed by atoms with van der Waals surface area (Å²) in [6, 6.07) is 3.36. The number of carbonyl (C=O) groups is 1. The predicted molar refractivity (Wildman–Crippen MR) is 85.4 cm³/mol. The van der Waals surface area contributed by atoms with Crippen LogP contribution in [0.2, 0.25) is 0 Å². The zero-order valence-electron chi connectivity index (χ0n) is 11.6. The number of amides is 1. The van der Waals surface area contributed by atoms with E-state index in [2.05, 4.69) is 43.5 Å². The van der Waals surface area contributed by atoms with E-state index < -0.39 is 0 Å². The summed E-state index contributed by atoms with van der Waals surface area (Å²) in [6.45, 7) is 3.03. The number of nitrogens with one attached hydrogen (secondary N) is 4. The summed E-state index contributed by atoms with van der Waals surface area (Å²) < 4.78 is 0.738. The van der Waals surface area contributed by atoms with Crippen LogP contribution in [0.5, 0.6) is 0 Å². The number of anilines is 1. The number of fused-ring (bicyclic) bond motifs is 1. The van der Waals surface area contributed by atoms with Crippen LogP contribution in [0.1, 0.15) is 19.8 Å². The van der Waals surface area contributed by atoms with Gasteiger partial charge in [-0.2, -0.15) is 0 Å². The van der Waals surface area contributed by atoms with E-state index in [0.29, 0.717) is 22.6 Å². The predicted octanol–water partition coefficient (Wildman–Crippen LogP) is 1.95. The molecule has 1 amide bonds. The van der Waals surface area contributed by atoms with E-state index in [0.717, 1.165) is 23.9 Å². The average Bonchev–Trinajstić information content (AvgIpc) is 2.78. The van der Waals surface area contributed by atoms with Crippen molar-refractivity contribution in [1.82, 2.24) is 15.3 Å². The molecule has 2 heterocycles. The normalized spacial score (nSPS) is 22.4. The van der Waals surface area contributed by atoms with Crippen molar-refractivity contribution in [3.63, 3.8) is 0 Å². The Kier molecular flexibility index (Phi) is 3.86. The molecule has 1 aliphatic heterocycles. The van der Waals surface area contributed by atoms with Crippen molar-refractivity contribution in [2.45, 2.75) is 25.8 Å². The van der Waals surface area contributed by atoms with Gasteiger partial charge < -0.3 is 20.6 Å². The number of benzene rings is 1. The summed E-state index contributed by atoms with van der Waals surface area (Å²) in [5, 5.41) is 6.16. The number of aromatic nitrogens is 2. The average molecular weight is 353 g/mol. The molecule has 7 heteroatoms. The molecule has 1 saturated heterocycles. The lowest BCUT2D eigenvalue weighted by Crippen LogP contribution is -2.45. The molecule has 1 aliphatic rings. The van der Waals surface area contributed by atoms with Crippen molar-refractivity contribution in [2.75, 3.05) is 11.9 Å². The van der Waals surface area contributed by atoms with Crippen molar-refractivity contribution in [2.24, 2.45) is 5.92 Å². The molecular weight excluding hydrogens is 336 g/mol. The molecule has 0 radical (unpaired) electrons. The number of H-pyrrole nitrogens is 2. The van der Waals surface area contributed by atoms with Crippen LogP contribution >= 0.6 is 15.9 Å². The fourth-order valence-electron chi connectivity index (χ4n) is 2.68. The minimum Gasteiger partial charge on any atom is -0.324 e. The monoisotopic (exact) mass is 352 g/mol. The number of halogens is 1. The van der Waals surface area contributed by atoms with Crippen LogP contribution in [0.15, 0.2) is 21.4 Å². The van der Waals surface area contributed by atoms with Crippen molar-refractivity contribution < 1.29 is 4.79 Å². The lowest BCUT2D eigenvalue weighted by atomic mass is 9.94. The third-order valence-electron chi connectivity index (χ3n) is 3.84. The molecule has 112 valence electrons. The minimum absolute atomic E-state index is 0.0421. The zero-order chi connectivity index (χ0) is 15.0. The highest BCUT2D eigenvalue weighted by atomic mass is 79.9. The van der Waals surface area contributed by atoms with Crippen LogP contribution in [0.3, 0.4) is 0 Å². The van der Waals surface area contributed by atoms with E-state index in [1.807, 2.05) is 0 Å². The van der Waals surface area contributed by atoms with Gasteiger partial charge >= 0.3 is 5.69 Å². The highest BCUT2D eigenvalue weighted by Crippen LogP contribution is 2.27. The first-order valence-electron chi connectivity index (χ1n) is 6.98. The summed E-state index contributed by atoms with van der Waals surface area (Å²) in [5.74, 6) is 0.508. The Morgan fingerprint density at radius 3 is 2.76 bits per heavy atom. The summed E-state index contributed by atoms with van der Waals surface area (Å²) in [6.07, 6.45) is 1.94. The van der Waals surface area contributed by atoms with E-state index in [-0.39, 0.29) is 17.6 Å². The second-order valence-corrected chi connectivity index (χ2v) is 6.44. The first kappa shape index (κ1) is 14.3. The number of carbonyl (C=O) groups excluding carboxylic acids is 1. The quantitative estimate of drug-likeness (QED) is 0.665. The summed E-state index contributed by atoms with van der Waals surface area (Å²) in [5.41, 5.74) is 1.77. The fourth-order valence-corrected chi connectivity index (χ4v) is 3.12.